The minimum atomic E-state index is -0.964. The maximum atomic E-state index is 11.8. The summed E-state index contributed by atoms with van der Waals surface area (Å²) in [6.45, 7) is 3.15. The number of aromatic carboxylic acids is 1. The van der Waals surface area contributed by atoms with Crippen molar-refractivity contribution in [1.29, 1.82) is 0 Å². The number of carboxylic acids is 1. The van der Waals surface area contributed by atoms with Crippen molar-refractivity contribution in [2.75, 3.05) is 13.2 Å². The van der Waals surface area contributed by atoms with Gasteiger partial charge < -0.3 is 20.6 Å². The number of aromatic nitrogens is 1. The molecule has 0 unspecified atom stereocenters. The van der Waals surface area contributed by atoms with E-state index in [2.05, 4.69) is 4.98 Å². The number of nitrogens with one attached hydrogen (secondary N) is 1. The van der Waals surface area contributed by atoms with Gasteiger partial charge in [0.1, 0.15) is 5.75 Å². The lowest BCUT2D eigenvalue weighted by Gasteiger charge is -2.08. The van der Waals surface area contributed by atoms with E-state index in [4.69, 9.17) is 22.1 Å². The number of carboxylic acid groups (broad SMARTS) is 1. The molecule has 0 saturated carbocycles. The number of H-pyrrole nitrogens is 1. The zero-order chi connectivity index (χ0) is 19.4. The molecule has 0 saturated heterocycles. The highest BCUT2D eigenvalue weighted by Crippen LogP contribution is 2.37. The Hall–Kier alpha value is -2.50. The summed E-state index contributed by atoms with van der Waals surface area (Å²) in [7, 11) is 0. The molecule has 5 nitrogen and oxygen atoms in total. The SMILES string of the molecule is CCOc1ccc(-c2[nH]c3c(Cl)ccc(C(=O)O)c3c2CCCCN)cc1. The van der Waals surface area contributed by atoms with E-state index < -0.39 is 5.97 Å². The van der Waals surface area contributed by atoms with Gasteiger partial charge >= 0.3 is 5.97 Å². The van der Waals surface area contributed by atoms with Crippen LogP contribution in [0, 0.1) is 0 Å². The normalized spacial score (nSPS) is 11.1. The summed E-state index contributed by atoms with van der Waals surface area (Å²) in [5.41, 5.74) is 9.36. The lowest BCUT2D eigenvalue weighted by atomic mass is 9.97. The van der Waals surface area contributed by atoms with Crippen molar-refractivity contribution in [2.24, 2.45) is 5.73 Å². The number of aryl methyl sites for hydroxylation is 1. The molecule has 0 aliphatic heterocycles. The van der Waals surface area contributed by atoms with Gasteiger partial charge in [0, 0.05) is 11.1 Å². The van der Waals surface area contributed by atoms with Gasteiger partial charge in [0.05, 0.1) is 22.7 Å². The second-order valence-corrected chi connectivity index (χ2v) is 6.74. The Labute approximate surface area is 163 Å². The predicted molar refractivity (Wildman–Crippen MR) is 109 cm³/mol. The standard InChI is InChI=1S/C21H23ClN2O3/c1-2-27-14-8-6-13(7-9-14)19-15(5-3-4-12-23)18-16(21(25)26)10-11-17(22)20(18)24-19/h6-11,24H,2-5,12,23H2,1H3,(H,25,26). The van der Waals surface area contributed by atoms with Crippen LogP contribution in [0.1, 0.15) is 35.7 Å². The first kappa shape index (κ1) is 19.3. The summed E-state index contributed by atoms with van der Waals surface area (Å²) in [6, 6.07) is 10.9. The number of unbranched alkanes of at least 4 members (excludes halogenated alkanes) is 1. The number of hydrogen-bond donors (Lipinski definition) is 3. The number of nitrogens with two attached hydrogens (primary N) is 1. The van der Waals surface area contributed by atoms with Crippen LogP contribution in [0.4, 0.5) is 0 Å². The van der Waals surface area contributed by atoms with Gasteiger partial charge in [-0.25, -0.2) is 4.79 Å². The average Bonchev–Trinajstić information content (AvgIpc) is 3.03. The second-order valence-electron chi connectivity index (χ2n) is 6.33. The van der Waals surface area contributed by atoms with Gasteiger partial charge in [0.15, 0.2) is 0 Å². The Kier molecular flexibility index (Phi) is 6.04. The van der Waals surface area contributed by atoms with Gasteiger partial charge in [-0.05, 0) is 80.3 Å². The molecule has 1 aromatic heterocycles. The van der Waals surface area contributed by atoms with Gasteiger partial charge in [-0.2, -0.15) is 0 Å². The molecule has 0 aliphatic carbocycles. The van der Waals surface area contributed by atoms with Crippen molar-refractivity contribution >= 4 is 28.5 Å². The molecule has 2 aromatic carbocycles. The van der Waals surface area contributed by atoms with E-state index in [1.807, 2.05) is 31.2 Å². The quantitative estimate of drug-likeness (QED) is 0.482. The highest BCUT2D eigenvalue weighted by Gasteiger charge is 2.20. The molecule has 27 heavy (non-hydrogen) atoms. The summed E-state index contributed by atoms with van der Waals surface area (Å²) in [4.78, 5) is 15.1. The lowest BCUT2D eigenvalue weighted by molar-refractivity contribution is 0.0699. The second kappa shape index (κ2) is 8.46. The van der Waals surface area contributed by atoms with Crippen molar-refractivity contribution in [3.8, 4) is 17.0 Å². The molecule has 0 spiro atoms. The molecule has 0 fully saturated rings. The number of carbonyl (C=O) groups is 1. The van der Waals surface area contributed by atoms with Crippen LogP contribution in [0.3, 0.4) is 0 Å². The summed E-state index contributed by atoms with van der Waals surface area (Å²) in [5.74, 6) is -0.166. The molecule has 0 bridgehead atoms. The van der Waals surface area contributed by atoms with Crippen LogP contribution in [0.2, 0.25) is 5.02 Å². The third kappa shape index (κ3) is 3.94. The Bertz CT molecular complexity index is 948. The Morgan fingerprint density at radius 3 is 2.56 bits per heavy atom. The summed E-state index contributed by atoms with van der Waals surface area (Å²) in [6.07, 6.45) is 2.47. The lowest BCUT2D eigenvalue weighted by Crippen LogP contribution is -2.01. The Balaban J connectivity index is 2.18. The minimum absolute atomic E-state index is 0.255. The van der Waals surface area contributed by atoms with Crippen molar-refractivity contribution in [3.05, 3.63) is 52.5 Å². The number of hydrogen-bond acceptors (Lipinski definition) is 3. The topological polar surface area (TPSA) is 88.3 Å². The van der Waals surface area contributed by atoms with E-state index in [-0.39, 0.29) is 5.56 Å². The molecule has 3 aromatic rings. The Morgan fingerprint density at radius 1 is 1.19 bits per heavy atom. The van der Waals surface area contributed by atoms with Crippen molar-refractivity contribution in [3.63, 3.8) is 0 Å². The van der Waals surface area contributed by atoms with Crippen LogP contribution in [-0.2, 0) is 6.42 Å². The van der Waals surface area contributed by atoms with Gasteiger partial charge in [0.2, 0.25) is 0 Å². The van der Waals surface area contributed by atoms with E-state index in [0.29, 0.717) is 29.1 Å². The molecule has 3 rings (SSSR count). The number of benzene rings is 2. The van der Waals surface area contributed by atoms with Crippen LogP contribution < -0.4 is 10.5 Å². The number of aromatic amines is 1. The summed E-state index contributed by atoms with van der Waals surface area (Å²) >= 11 is 6.37. The van der Waals surface area contributed by atoms with Crippen LogP contribution in [-0.4, -0.2) is 29.2 Å². The van der Waals surface area contributed by atoms with E-state index >= 15 is 0 Å². The van der Waals surface area contributed by atoms with Crippen molar-refractivity contribution in [1.82, 2.24) is 4.98 Å². The molecular formula is C21H23ClN2O3. The molecule has 142 valence electrons. The predicted octanol–water partition coefficient (Wildman–Crippen LogP) is 4.87. The molecule has 0 aliphatic rings. The summed E-state index contributed by atoms with van der Waals surface area (Å²) < 4.78 is 5.51. The highest BCUT2D eigenvalue weighted by molar-refractivity contribution is 6.36. The number of fused-ring (bicyclic) bond motifs is 1. The molecule has 0 atom stereocenters. The van der Waals surface area contributed by atoms with E-state index in [0.717, 1.165) is 41.8 Å². The van der Waals surface area contributed by atoms with Gasteiger partial charge in [-0.15, -0.1) is 0 Å². The summed E-state index contributed by atoms with van der Waals surface area (Å²) in [5, 5.41) is 10.8. The smallest absolute Gasteiger partial charge is 0.336 e. The first-order chi connectivity index (χ1) is 13.1. The first-order valence-corrected chi connectivity index (χ1v) is 9.44. The molecular weight excluding hydrogens is 364 g/mol. The van der Waals surface area contributed by atoms with E-state index in [9.17, 15) is 9.90 Å². The minimum Gasteiger partial charge on any atom is -0.494 e. The zero-order valence-electron chi connectivity index (χ0n) is 15.2. The van der Waals surface area contributed by atoms with E-state index in [1.54, 1.807) is 12.1 Å². The van der Waals surface area contributed by atoms with Crippen LogP contribution >= 0.6 is 11.6 Å². The van der Waals surface area contributed by atoms with Crippen molar-refractivity contribution < 1.29 is 14.6 Å². The van der Waals surface area contributed by atoms with Crippen molar-refractivity contribution in [2.45, 2.75) is 26.2 Å². The first-order valence-electron chi connectivity index (χ1n) is 9.06. The molecule has 6 heteroatoms. The van der Waals surface area contributed by atoms with E-state index in [1.165, 1.54) is 0 Å². The fourth-order valence-corrected chi connectivity index (χ4v) is 3.55. The van der Waals surface area contributed by atoms with Crippen LogP contribution in [0.15, 0.2) is 36.4 Å². The third-order valence-electron chi connectivity index (χ3n) is 4.57. The fourth-order valence-electron chi connectivity index (χ4n) is 3.34. The fraction of sp³-hybridized carbons (Fsp3) is 0.286. The molecule has 1 heterocycles. The number of halogens is 1. The average molecular weight is 387 g/mol. The molecule has 0 amide bonds. The largest absolute Gasteiger partial charge is 0.494 e. The van der Waals surface area contributed by atoms with Gasteiger partial charge in [-0.1, -0.05) is 11.6 Å². The number of rotatable bonds is 8. The van der Waals surface area contributed by atoms with Crippen LogP contribution in [0.25, 0.3) is 22.2 Å². The maximum absolute atomic E-state index is 11.8. The van der Waals surface area contributed by atoms with Gasteiger partial charge in [-0.3, -0.25) is 0 Å². The Morgan fingerprint density at radius 2 is 1.93 bits per heavy atom. The van der Waals surface area contributed by atoms with Gasteiger partial charge in [0.25, 0.3) is 0 Å². The zero-order valence-corrected chi connectivity index (χ0v) is 16.0. The maximum Gasteiger partial charge on any atom is 0.336 e. The number of ether oxygens (including phenoxy) is 1. The highest BCUT2D eigenvalue weighted by atomic mass is 35.5. The van der Waals surface area contributed by atoms with Crippen LogP contribution in [0.5, 0.6) is 5.75 Å². The third-order valence-corrected chi connectivity index (χ3v) is 4.89. The monoisotopic (exact) mass is 386 g/mol. The molecule has 4 N–H and O–H groups in total. The molecule has 0 radical (unpaired) electrons.